The summed E-state index contributed by atoms with van der Waals surface area (Å²) in [4.78, 5) is 0. The number of alkyl halides is 1. The van der Waals surface area contributed by atoms with Gasteiger partial charge in [-0.2, -0.15) is 0 Å². The SMILES string of the molecule is BrCCCC=CC[P+](c1ccccc1)(c1ccccc1)c1ccccc1.[I-]. The molecule has 3 heteroatoms. The maximum atomic E-state index is 3.52. The molecule has 0 N–H and O–H groups in total. The van der Waals surface area contributed by atoms with Crippen molar-refractivity contribution in [1.82, 2.24) is 0 Å². The van der Waals surface area contributed by atoms with Crippen LogP contribution in [0.3, 0.4) is 0 Å². The largest absolute Gasteiger partial charge is 1.00 e. The minimum atomic E-state index is -1.70. The average Bonchev–Trinajstić information content (AvgIpc) is 2.73. The van der Waals surface area contributed by atoms with Gasteiger partial charge in [0.2, 0.25) is 0 Å². The summed E-state index contributed by atoms with van der Waals surface area (Å²) < 4.78 is 0. The summed E-state index contributed by atoms with van der Waals surface area (Å²) in [6, 6.07) is 33.2. The maximum Gasteiger partial charge on any atom is 0.115 e. The zero-order valence-corrected chi connectivity index (χ0v) is 20.0. The molecule has 0 heterocycles. The predicted octanol–water partition coefficient (Wildman–Crippen LogP) is 2.72. The van der Waals surface area contributed by atoms with Gasteiger partial charge in [-0.25, -0.2) is 0 Å². The van der Waals surface area contributed by atoms with Crippen molar-refractivity contribution < 1.29 is 24.0 Å². The molecule has 3 aromatic rings. The lowest BCUT2D eigenvalue weighted by atomic mass is 10.3. The minimum absolute atomic E-state index is 0. The third-order valence-electron chi connectivity index (χ3n) is 4.64. The van der Waals surface area contributed by atoms with Crippen LogP contribution in [0.25, 0.3) is 0 Å². The van der Waals surface area contributed by atoms with Crippen LogP contribution in [-0.2, 0) is 0 Å². The number of rotatable bonds is 8. The van der Waals surface area contributed by atoms with Crippen LogP contribution < -0.4 is 39.9 Å². The zero-order valence-electron chi connectivity index (χ0n) is 15.3. The van der Waals surface area contributed by atoms with Gasteiger partial charge in [0, 0.05) is 5.33 Å². The highest BCUT2D eigenvalue weighted by molar-refractivity contribution is 9.09. The summed E-state index contributed by atoms with van der Waals surface area (Å²) in [5.74, 6) is 0. The number of benzene rings is 3. The van der Waals surface area contributed by atoms with Crippen molar-refractivity contribution in [2.75, 3.05) is 11.5 Å². The topological polar surface area (TPSA) is 0 Å². The third kappa shape index (κ3) is 5.53. The van der Waals surface area contributed by atoms with Crippen LogP contribution in [0.1, 0.15) is 12.8 Å². The molecule has 3 rings (SSSR count). The van der Waals surface area contributed by atoms with Crippen molar-refractivity contribution in [1.29, 1.82) is 0 Å². The second-order valence-electron chi connectivity index (χ2n) is 6.30. The van der Waals surface area contributed by atoms with Crippen LogP contribution in [0.5, 0.6) is 0 Å². The standard InChI is InChI=1S/C24H25BrP.HI/c25-20-12-1-2-13-21-26(22-14-6-3-7-15-22,23-16-8-4-9-17-23)24-18-10-5-11-19-24;/h2-11,13-19H,1,12,20-21H2;1H/q+1;/p-1. The van der Waals surface area contributed by atoms with E-state index in [9.17, 15) is 0 Å². The Balaban J connectivity index is 0.00000261. The van der Waals surface area contributed by atoms with Crippen molar-refractivity contribution in [2.24, 2.45) is 0 Å². The number of hydrogen-bond donors (Lipinski definition) is 0. The van der Waals surface area contributed by atoms with Crippen LogP contribution in [0.2, 0.25) is 0 Å². The van der Waals surface area contributed by atoms with E-state index in [1.54, 1.807) is 0 Å². The number of allylic oxidation sites excluding steroid dienone is 2. The zero-order chi connectivity index (χ0) is 18.1. The van der Waals surface area contributed by atoms with Gasteiger partial charge in [0.1, 0.15) is 23.2 Å². The van der Waals surface area contributed by atoms with E-state index in [0.717, 1.165) is 17.9 Å². The van der Waals surface area contributed by atoms with Gasteiger partial charge in [-0.1, -0.05) is 82.7 Å². The minimum Gasteiger partial charge on any atom is -1.00 e. The first-order valence-corrected chi connectivity index (χ1v) is 12.2. The van der Waals surface area contributed by atoms with Crippen molar-refractivity contribution in [3.63, 3.8) is 0 Å². The molecule has 0 spiro atoms. The molecule has 0 saturated carbocycles. The van der Waals surface area contributed by atoms with Crippen LogP contribution in [0, 0.1) is 0 Å². The van der Waals surface area contributed by atoms with E-state index < -0.39 is 7.26 Å². The number of halogens is 2. The van der Waals surface area contributed by atoms with E-state index in [0.29, 0.717) is 0 Å². The molecule has 27 heavy (non-hydrogen) atoms. The Kier molecular flexibility index (Phi) is 9.75. The number of unbranched alkanes of at least 4 members (excludes halogenated alkanes) is 1. The fourth-order valence-corrected chi connectivity index (χ4v) is 7.72. The van der Waals surface area contributed by atoms with Crippen LogP contribution in [-0.4, -0.2) is 11.5 Å². The summed E-state index contributed by atoms with van der Waals surface area (Å²) >= 11 is 3.52. The Morgan fingerprint density at radius 1 is 0.630 bits per heavy atom. The highest BCUT2D eigenvalue weighted by atomic mass is 127. The van der Waals surface area contributed by atoms with E-state index in [4.69, 9.17) is 0 Å². The van der Waals surface area contributed by atoms with E-state index in [1.165, 1.54) is 22.3 Å². The molecule has 140 valence electrons. The van der Waals surface area contributed by atoms with Crippen molar-refractivity contribution >= 4 is 39.1 Å². The van der Waals surface area contributed by atoms with Crippen molar-refractivity contribution in [2.45, 2.75) is 12.8 Å². The number of hydrogen-bond acceptors (Lipinski definition) is 0. The average molecular weight is 551 g/mol. The van der Waals surface area contributed by atoms with Crippen LogP contribution in [0.15, 0.2) is 103 Å². The smallest absolute Gasteiger partial charge is 0.115 e. The predicted molar refractivity (Wildman–Crippen MR) is 122 cm³/mol. The van der Waals surface area contributed by atoms with E-state index in [2.05, 4.69) is 119 Å². The molecule has 0 atom stereocenters. The van der Waals surface area contributed by atoms with Gasteiger partial charge in [0.25, 0.3) is 0 Å². The molecule has 0 amide bonds. The first-order valence-electron chi connectivity index (χ1n) is 9.14. The van der Waals surface area contributed by atoms with Crippen LogP contribution in [0.4, 0.5) is 0 Å². The van der Waals surface area contributed by atoms with E-state index >= 15 is 0 Å². The van der Waals surface area contributed by atoms with Gasteiger partial charge in [-0.15, -0.1) is 0 Å². The summed E-state index contributed by atoms with van der Waals surface area (Å²) in [7, 11) is -1.70. The normalized spacial score (nSPS) is 11.3. The summed E-state index contributed by atoms with van der Waals surface area (Å²) in [5.41, 5.74) is 0. The lowest BCUT2D eigenvalue weighted by Crippen LogP contribution is -3.00. The molecule has 0 aromatic heterocycles. The van der Waals surface area contributed by atoms with E-state index in [-0.39, 0.29) is 24.0 Å². The Morgan fingerprint density at radius 3 is 1.41 bits per heavy atom. The lowest BCUT2D eigenvalue weighted by molar-refractivity contribution is -0.00000497. The van der Waals surface area contributed by atoms with Gasteiger partial charge in [0.15, 0.2) is 0 Å². The van der Waals surface area contributed by atoms with Gasteiger partial charge in [-0.05, 0) is 49.2 Å². The highest BCUT2D eigenvalue weighted by Crippen LogP contribution is 2.55. The highest BCUT2D eigenvalue weighted by Gasteiger charge is 2.43. The molecule has 0 fully saturated rings. The molecular weight excluding hydrogens is 526 g/mol. The molecule has 0 saturated heterocycles. The Labute approximate surface area is 189 Å². The molecule has 0 aliphatic carbocycles. The molecule has 0 aliphatic heterocycles. The Hall–Kier alpha value is -0.960. The summed E-state index contributed by atoms with van der Waals surface area (Å²) in [5, 5.41) is 5.40. The lowest BCUT2D eigenvalue weighted by Gasteiger charge is -2.26. The van der Waals surface area contributed by atoms with Crippen LogP contribution >= 0.6 is 23.2 Å². The molecule has 0 nitrogen and oxygen atoms in total. The van der Waals surface area contributed by atoms with Crippen molar-refractivity contribution in [3.05, 3.63) is 103 Å². The van der Waals surface area contributed by atoms with Gasteiger partial charge in [-0.3, -0.25) is 0 Å². The fourth-order valence-electron chi connectivity index (χ4n) is 3.36. The quantitative estimate of drug-likeness (QED) is 0.133. The molecule has 0 radical (unpaired) electrons. The molecule has 3 aromatic carbocycles. The molecule has 0 aliphatic rings. The Morgan fingerprint density at radius 2 is 1.04 bits per heavy atom. The van der Waals surface area contributed by atoms with Crippen molar-refractivity contribution in [3.8, 4) is 0 Å². The molecular formula is C24H25BrIP. The van der Waals surface area contributed by atoms with Gasteiger partial charge < -0.3 is 24.0 Å². The fraction of sp³-hybridized carbons (Fsp3) is 0.167. The maximum absolute atomic E-state index is 3.52. The molecule has 0 unspecified atom stereocenters. The molecule has 0 bridgehead atoms. The monoisotopic (exact) mass is 550 g/mol. The summed E-state index contributed by atoms with van der Waals surface area (Å²) in [6.07, 6.45) is 8.13. The van der Waals surface area contributed by atoms with Gasteiger partial charge in [0.05, 0.1) is 6.16 Å². The second-order valence-corrected chi connectivity index (χ2v) is 10.6. The Bertz CT molecular complexity index is 707. The summed E-state index contributed by atoms with van der Waals surface area (Å²) in [6.45, 7) is 0. The second kappa shape index (κ2) is 11.8. The van der Waals surface area contributed by atoms with E-state index in [1.807, 2.05) is 0 Å². The van der Waals surface area contributed by atoms with Gasteiger partial charge >= 0.3 is 0 Å². The third-order valence-corrected chi connectivity index (χ3v) is 9.50. The first kappa shape index (κ1) is 22.3. The first-order chi connectivity index (χ1) is 12.9.